The third kappa shape index (κ3) is 2.82. The summed E-state index contributed by atoms with van der Waals surface area (Å²) >= 11 is 7.92. The second-order valence-corrected chi connectivity index (χ2v) is 5.51. The molecule has 0 aromatic carbocycles. The van der Waals surface area contributed by atoms with Crippen molar-refractivity contribution in [1.82, 2.24) is 19.9 Å². The summed E-state index contributed by atoms with van der Waals surface area (Å²) in [6.45, 7) is 0. The van der Waals surface area contributed by atoms with E-state index in [9.17, 15) is 0 Å². The molecule has 0 amide bonds. The van der Waals surface area contributed by atoms with Gasteiger partial charge in [-0.1, -0.05) is 0 Å². The first-order chi connectivity index (χ1) is 8.63. The summed E-state index contributed by atoms with van der Waals surface area (Å²) in [4.78, 5) is 9.85. The van der Waals surface area contributed by atoms with Crippen molar-refractivity contribution in [1.29, 1.82) is 5.26 Å². The van der Waals surface area contributed by atoms with Crippen molar-refractivity contribution in [3.05, 3.63) is 27.0 Å². The van der Waals surface area contributed by atoms with Gasteiger partial charge in [-0.05, 0) is 38.1 Å². The van der Waals surface area contributed by atoms with Crippen LogP contribution < -0.4 is 5.43 Å². The Morgan fingerprint density at radius 2 is 2.22 bits per heavy atom. The second kappa shape index (κ2) is 5.69. The van der Waals surface area contributed by atoms with Crippen LogP contribution >= 0.6 is 43.6 Å². The summed E-state index contributed by atoms with van der Waals surface area (Å²) in [6.07, 6.45) is 5.22. The van der Waals surface area contributed by atoms with E-state index in [-0.39, 0.29) is 0 Å². The Morgan fingerprint density at radius 3 is 2.78 bits per heavy atom. The molecule has 2 rings (SSSR count). The van der Waals surface area contributed by atoms with Gasteiger partial charge >= 0.3 is 0 Å². The van der Waals surface area contributed by atoms with E-state index in [1.54, 1.807) is 12.4 Å². The molecule has 0 unspecified atom stereocenters. The van der Waals surface area contributed by atoms with Gasteiger partial charge in [0.25, 0.3) is 0 Å². The van der Waals surface area contributed by atoms with E-state index in [0.29, 0.717) is 21.1 Å². The maximum absolute atomic E-state index is 9.00. The van der Waals surface area contributed by atoms with Crippen LogP contribution in [0.25, 0.3) is 0 Å². The number of rotatable bonds is 3. The summed E-state index contributed by atoms with van der Waals surface area (Å²) in [6, 6.07) is 2.06. The fraction of sp³-hybridized carbons (Fsp3) is 0.111. The molecule has 1 N–H and O–H groups in total. The molecule has 0 saturated heterocycles. The molecule has 0 radical (unpaired) electrons. The van der Waals surface area contributed by atoms with Gasteiger partial charge in [-0.15, -0.1) is 11.8 Å². The number of nitrogens with zero attached hydrogens (tertiary/aromatic N) is 5. The number of hydrogen-bond acceptors (Lipinski definition) is 6. The summed E-state index contributed by atoms with van der Waals surface area (Å²) in [7, 11) is 0. The van der Waals surface area contributed by atoms with E-state index in [1.807, 2.05) is 6.26 Å². The molecule has 6 nitrogen and oxygen atoms in total. The van der Waals surface area contributed by atoms with Gasteiger partial charge in [0, 0.05) is 0 Å². The Morgan fingerprint density at radius 1 is 1.44 bits per heavy atom. The lowest BCUT2D eigenvalue weighted by atomic mass is 10.4. The molecule has 0 bridgehead atoms. The zero-order valence-electron chi connectivity index (χ0n) is 9.05. The number of aromatic nitrogens is 4. The van der Waals surface area contributed by atoms with Crippen LogP contribution in [0, 0.1) is 11.3 Å². The monoisotopic (exact) mass is 388 g/mol. The van der Waals surface area contributed by atoms with Crippen molar-refractivity contribution in [2.45, 2.75) is 5.03 Å². The fourth-order valence-corrected chi connectivity index (χ4v) is 2.56. The Hall–Kier alpha value is -1.11. The number of anilines is 1. The topological polar surface area (TPSA) is 79.4 Å². The van der Waals surface area contributed by atoms with E-state index in [2.05, 4.69) is 58.4 Å². The minimum Gasteiger partial charge on any atom is -0.245 e. The van der Waals surface area contributed by atoms with Gasteiger partial charge in [-0.25, -0.2) is 15.4 Å². The minimum atomic E-state index is 0.362. The van der Waals surface area contributed by atoms with Gasteiger partial charge in [-0.2, -0.15) is 15.2 Å². The second-order valence-electron chi connectivity index (χ2n) is 3.05. The molecule has 2 aromatic heterocycles. The van der Waals surface area contributed by atoms with Crippen LogP contribution in [0.15, 0.2) is 26.5 Å². The summed E-state index contributed by atoms with van der Waals surface area (Å²) in [5.41, 5.74) is 3.32. The number of nitrogens with one attached hydrogen (secondary N) is 1. The molecule has 9 heteroatoms. The molecule has 2 heterocycles. The minimum absolute atomic E-state index is 0.362. The average molecular weight is 390 g/mol. The largest absolute Gasteiger partial charge is 0.245 e. The zero-order valence-corrected chi connectivity index (χ0v) is 13.0. The zero-order chi connectivity index (χ0) is 13.1. The first-order valence-corrected chi connectivity index (χ1v) is 7.44. The predicted molar refractivity (Wildman–Crippen MR) is 75.2 cm³/mol. The highest BCUT2D eigenvalue weighted by molar-refractivity contribution is 9.10. The molecule has 0 atom stereocenters. The van der Waals surface area contributed by atoms with Crippen molar-refractivity contribution >= 4 is 49.6 Å². The smallest absolute Gasteiger partial charge is 0.245 e. The van der Waals surface area contributed by atoms with Crippen molar-refractivity contribution in [2.75, 3.05) is 11.7 Å². The Kier molecular flexibility index (Phi) is 4.21. The van der Waals surface area contributed by atoms with E-state index in [0.717, 1.165) is 4.47 Å². The third-order valence-electron chi connectivity index (χ3n) is 1.90. The van der Waals surface area contributed by atoms with Gasteiger partial charge < -0.3 is 0 Å². The molecular weight excluding hydrogens is 384 g/mol. The van der Waals surface area contributed by atoms with Crippen molar-refractivity contribution in [3.8, 4) is 6.07 Å². The van der Waals surface area contributed by atoms with Crippen LogP contribution in [0.1, 0.15) is 5.56 Å². The molecule has 0 saturated carbocycles. The van der Waals surface area contributed by atoms with Crippen molar-refractivity contribution in [3.63, 3.8) is 0 Å². The van der Waals surface area contributed by atoms with E-state index >= 15 is 0 Å². The standard InChI is InChI=1S/C9H6Br2N6S/c1-18-8-6(2-12)7(11)14-9(15-8)16-17-4-5(10)3-13-17/h3-4H,1H3,(H,14,15,16). The van der Waals surface area contributed by atoms with E-state index in [4.69, 9.17) is 5.26 Å². The lowest BCUT2D eigenvalue weighted by molar-refractivity contribution is 0.778. The Labute approximate surface area is 124 Å². The maximum atomic E-state index is 9.00. The van der Waals surface area contributed by atoms with E-state index in [1.165, 1.54) is 16.6 Å². The molecule has 0 aliphatic heterocycles. The fourth-order valence-electron chi connectivity index (χ4n) is 1.17. The Bertz CT molecular complexity index is 620. The van der Waals surface area contributed by atoms with Gasteiger partial charge in [0.05, 0.1) is 16.9 Å². The molecule has 0 aliphatic carbocycles. The molecule has 18 heavy (non-hydrogen) atoms. The summed E-state index contributed by atoms with van der Waals surface area (Å²) < 4.78 is 1.30. The Balaban J connectivity index is 2.35. The number of thioether (sulfide) groups is 1. The lowest BCUT2D eigenvalue weighted by Gasteiger charge is -2.07. The van der Waals surface area contributed by atoms with Crippen LogP contribution in [0.3, 0.4) is 0 Å². The molecule has 0 aliphatic rings. The van der Waals surface area contributed by atoms with E-state index < -0.39 is 0 Å². The molecule has 0 spiro atoms. The number of hydrogen-bond donors (Lipinski definition) is 1. The maximum Gasteiger partial charge on any atom is 0.245 e. The van der Waals surface area contributed by atoms with Gasteiger partial charge in [0.2, 0.25) is 5.95 Å². The number of nitriles is 1. The van der Waals surface area contributed by atoms with Crippen LogP contribution in [-0.4, -0.2) is 26.1 Å². The molecule has 2 aromatic rings. The lowest BCUT2D eigenvalue weighted by Crippen LogP contribution is -2.13. The number of halogens is 2. The van der Waals surface area contributed by atoms with Gasteiger partial charge in [0.1, 0.15) is 21.3 Å². The van der Waals surface area contributed by atoms with Crippen molar-refractivity contribution in [2.24, 2.45) is 0 Å². The van der Waals surface area contributed by atoms with Gasteiger partial charge in [0.15, 0.2) is 0 Å². The van der Waals surface area contributed by atoms with Crippen LogP contribution in [0.5, 0.6) is 0 Å². The first kappa shape index (κ1) is 13.3. The summed E-state index contributed by atoms with van der Waals surface area (Å²) in [5.74, 6) is 0.362. The average Bonchev–Trinajstić information content (AvgIpc) is 2.74. The van der Waals surface area contributed by atoms with Crippen LogP contribution in [0.2, 0.25) is 0 Å². The normalized spacial score (nSPS) is 10.1. The molecule has 92 valence electrons. The van der Waals surface area contributed by atoms with Crippen molar-refractivity contribution < 1.29 is 0 Å². The molecule has 0 fully saturated rings. The highest BCUT2D eigenvalue weighted by atomic mass is 79.9. The predicted octanol–water partition coefficient (Wildman–Crippen LogP) is 2.67. The summed E-state index contributed by atoms with van der Waals surface area (Å²) in [5, 5.41) is 13.6. The third-order valence-corrected chi connectivity index (χ3v) is 3.57. The quantitative estimate of drug-likeness (QED) is 0.642. The highest BCUT2D eigenvalue weighted by Crippen LogP contribution is 2.25. The SMILES string of the molecule is CSc1nc(Nn2cc(Br)cn2)nc(Br)c1C#N. The molecular formula is C9H6Br2N6S. The van der Waals surface area contributed by atoms with Crippen LogP contribution in [-0.2, 0) is 0 Å². The highest BCUT2D eigenvalue weighted by Gasteiger charge is 2.12. The first-order valence-electron chi connectivity index (χ1n) is 4.63. The van der Waals surface area contributed by atoms with Gasteiger partial charge in [-0.3, -0.25) is 0 Å². The van der Waals surface area contributed by atoms with Crippen LogP contribution in [0.4, 0.5) is 5.95 Å².